The Bertz CT molecular complexity index is 1010. The molecule has 2 aromatic carbocycles. The molecule has 4 rings (SSSR count). The van der Waals surface area contributed by atoms with E-state index < -0.39 is 0 Å². The first-order chi connectivity index (χ1) is 15.3. The summed E-state index contributed by atoms with van der Waals surface area (Å²) in [5, 5.41) is 15.1. The summed E-state index contributed by atoms with van der Waals surface area (Å²) in [5.74, 6) is 0.229. The summed E-state index contributed by atoms with van der Waals surface area (Å²) in [6, 6.07) is 12.8. The maximum absolute atomic E-state index is 13.3. The topological polar surface area (TPSA) is 78.7 Å². The quantitative estimate of drug-likeness (QED) is 0.518. The van der Waals surface area contributed by atoms with Crippen molar-refractivity contribution in [2.24, 2.45) is 11.8 Å². The van der Waals surface area contributed by atoms with Gasteiger partial charge in [-0.2, -0.15) is 0 Å². The average Bonchev–Trinajstić information content (AvgIpc) is 2.77. The summed E-state index contributed by atoms with van der Waals surface area (Å²) in [6.45, 7) is 7.05. The van der Waals surface area contributed by atoms with Crippen molar-refractivity contribution >= 4 is 34.6 Å². The van der Waals surface area contributed by atoms with Gasteiger partial charge in [-0.05, 0) is 42.5 Å². The van der Waals surface area contributed by atoms with Gasteiger partial charge in [0.1, 0.15) is 0 Å². The lowest BCUT2D eigenvalue weighted by Gasteiger charge is -2.49. The monoisotopic (exact) mass is 456 g/mol. The van der Waals surface area contributed by atoms with Crippen LogP contribution in [0.3, 0.4) is 0 Å². The van der Waals surface area contributed by atoms with Crippen LogP contribution in [0.5, 0.6) is 0 Å². The van der Waals surface area contributed by atoms with E-state index in [-0.39, 0.29) is 28.5 Å². The van der Waals surface area contributed by atoms with Gasteiger partial charge in [-0.25, -0.2) is 0 Å². The second kappa shape index (κ2) is 9.36. The molecule has 1 N–H and O–H groups in total. The summed E-state index contributed by atoms with van der Waals surface area (Å²) >= 11 is 6.46. The van der Waals surface area contributed by atoms with Gasteiger partial charge < -0.3 is 15.1 Å². The Kier molecular flexibility index (Phi) is 6.55. The van der Waals surface area contributed by atoms with Gasteiger partial charge >= 0.3 is 0 Å². The normalized spacial score (nSPS) is 20.0. The number of carbonyl (C=O) groups is 1. The Balaban J connectivity index is 1.64. The number of rotatable bonds is 6. The minimum Gasteiger partial charge on any atom is -0.366 e. The zero-order chi connectivity index (χ0) is 22.8. The van der Waals surface area contributed by atoms with E-state index in [1.54, 1.807) is 12.1 Å². The first-order valence-electron chi connectivity index (χ1n) is 11.2. The van der Waals surface area contributed by atoms with Crippen molar-refractivity contribution in [2.75, 3.05) is 36.0 Å². The molecule has 0 spiro atoms. The number of fused-ring (bicyclic) bond motifs is 3. The molecule has 1 fully saturated rings. The van der Waals surface area contributed by atoms with Gasteiger partial charge in [0, 0.05) is 44.0 Å². The number of halogens is 1. The van der Waals surface area contributed by atoms with Crippen LogP contribution in [0.15, 0.2) is 42.5 Å². The van der Waals surface area contributed by atoms with Gasteiger partial charge in [-0.3, -0.25) is 14.9 Å². The number of hydrogen-bond donors (Lipinski definition) is 1. The van der Waals surface area contributed by atoms with Crippen molar-refractivity contribution in [1.29, 1.82) is 0 Å². The highest BCUT2D eigenvalue weighted by Gasteiger charge is 2.42. The first-order valence-corrected chi connectivity index (χ1v) is 11.5. The van der Waals surface area contributed by atoms with Gasteiger partial charge in [0.15, 0.2) is 0 Å². The number of hydrogen-bond acceptors (Lipinski definition) is 5. The Hall–Kier alpha value is -2.80. The summed E-state index contributed by atoms with van der Waals surface area (Å²) < 4.78 is 0. The molecule has 32 heavy (non-hydrogen) atoms. The van der Waals surface area contributed by atoms with Gasteiger partial charge in [0.25, 0.3) is 5.69 Å². The SMILES string of the molecule is CC(C)CCNC(=O)[C@@H]1Cc2cc([N+](=O)[O-])ccc2N2CCN(c3ccccc3Cl)C[C@H]12. The highest BCUT2D eigenvalue weighted by Crippen LogP contribution is 2.39. The van der Waals surface area contributed by atoms with Crippen molar-refractivity contribution in [2.45, 2.75) is 32.7 Å². The van der Waals surface area contributed by atoms with E-state index in [0.717, 1.165) is 36.4 Å². The fourth-order valence-electron chi connectivity index (χ4n) is 4.77. The fourth-order valence-corrected chi connectivity index (χ4v) is 5.02. The van der Waals surface area contributed by atoms with Crippen LogP contribution in [-0.4, -0.2) is 43.1 Å². The highest BCUT2D eigenvalue weighted by atomic mass is 35.5. The van der Waals surface area contributed by atoms with E-state index >= 15 is 0 Å². The summed E-state index contributed by atoms with van der Waals surface area (Å²) in [7, 11) is 0. The molecule has 2 aliphatic heterocycles. The molecule has 2 aromatic rings. The zero-order valence-corrected chi connectivity index (χ0v) is 19.2. The number of benzene rings is 2. The fraction of sp³-hybridized carbons (Fsp3) is 0.458. The van der Waals surface area contributed by atoms with Crippen LogP contribution in [0.4, 0.5) is 17.1 Å². The minimum atomic E-state index is -0.376. The number of anilines is 2. The molecule has 0 radical (unpaired) electrons. The Morgan fingerprint density at radius 1 is 1.22 bits per heavy atom. The Morgan fingerprint density at radius 3 is 2.72 bits per heavy atom. The van der Waals surface area contributed by atoms with Crippen molar-refractivity contribution in [3.63, 3.8) is 0 Å². The maximum atomic E-state index is 13.3. The third kappa shape index (κ3) is 4.53. The van der Waals surface area contributed by atoms with Crippen LogP contribution < -0.4 is 15.1 Å². The lowest BCUT2D eigenvalue weighted by molar-refractivity contribution is -0.384. The van der Waals surface area contributed by atoms with Crippen LogP contribution in [0.2, 0.25) is 5.02 Å². The molecule has 170 valence electrons. The second-order valence-corrected chi connectivity index (χ2v) is 9.42. The molecule has 8 heteroatoms. The third-order valence-electron chi connectivity index (χ3n) is 6.46. The van der Waals surface area contributed by atoms with Crippen LogP contribution in [0, 0.1) is 22.0 Å². The molecular weight excluding hydrogens is 428 g/mol. The van der Waals surface area contributed by atoms with Crippen molar-refractivity contribution in [3.05, 3.63) is 63.2 Å². The summed E-state index contributed by atoms with van der Waals surface area (Å²) in [5.41, 5.74) is 2.90. The number of nitro groups is 1. The number of carbonyl (C=O) groups excluding carboxylic acids is 1. The number of nitro benzene ring substituents is 1. The predicted octanol–water partition coefficient (Wildman–Crippen LogP) is 4.28. The van der Waals surface area contributed by atoms with E-state index in [1.165, 1.54) is 0 Å². The van der Waals surface area contributed by atoms with Crippen molar-refractivity contribution < 1.29 is 9.72 Å². The standard InChI is InChI=1S/C24H29ClN4O3/c1-16(2)9-10-26-24(30)19-14-17-13-18(29(31)32)7-8-21(17)28-12-11-27(15-23(19)28)22-6-4-3-5-20(22)25/h3-8,13,16,19,23H,9-12,14-15H2,1-2H3,(H,26,30)/t19-,23-/m1/s1. The molecule has 2 aliphatic rings. The predicted molar refractivity (Wildman–Crippen MR) is 128 cm³/mol. The second-order valence-electron chi connectivity index (χ2n) is 9.01. The van der Waals surface area contributed by atoms with E-state index in [2.05, 4.69) is 29.0 Å². The highest BCUT2D eigenvalue weighted by molar-refractivity contribution is 6.33. The van der Waals surface area contributed by atoms with E-state index in [1.807, 2.05) is 30.3 Å². The Morgan fingerprint density at radius 2 is 2.00 bits per heavy atom. The molecule has 0 aromatic heterocycles. The molecule has 7 nitrogen and oxygen atoms in total. The summed E-state index contributed by atoms with van der Waals surface area (Å²) in [4.78, 5) is 28.7. The van der Waals surface area contributed by atoms with Gasteiger partial charge in [0.05, 0.1) is 27.6 Å². The zero-order valence-electron chi connectivity index (χ0n) is 18.5. The molecule has 0 saturated carbocycles. The van der Waals surface area contributed by atoms with Gasteiger partial charge in [0.2, 0.25) is 5.91 Å². The van der Waals surface area contributed by atoms with E-state index in [4.69, 9.17) is 11.6 Å². The number of nitrogens with zero attached hydrogens (tertiary/aromatic N) is 3. The molecule has 1 amide bonds. The molecule has 2 heterocycles. The maximum Gasteiger partial charge on any atom is 0.269 e. The number of piperazine rings is 1. The Labute approximate surface area is 193 Å². The molecule has 0 unspecified atom stereocenters. The van der Waals surface area contributed by atoms with E-state index in [0.29, 0.717) is 30.5 Å². The molecular formula is C24H29ClN4O3. The number of non-ortho nitro benzene ring substituents is 1. The average molecular weight is 457 g/mol. The van der Waals surface area contributed by atoms with Crippen LogP contribution >= 0.6 is 11.6 Å². The molecule has 0 bridgehead atoms. The molecule has 1 saturated heterocycles. The lowest BCUT2D eigenvalue weighted by Crippen LogP contribution is -2.61. The van der Waals surface area contributed by atoms with Crippen molar-refractivity contribution in [3.8, 4) is 0 Å². The van der Waals surface area contributed by atoms with Crippen LogP contribution in [0.25, 0.3) is 0 Å². The largest absolute Gasteiger partial charge is 0.366 e. The van der Waals surface area contributed by atoms with Gasteiger partial charge in [-0.1, -0.05) is 37.6 Å². The van der Waals surface area contributed by atoms with Crippen LogP contribution in [-0.2, 0) is 11.2 Å². The minimum absolute atomic E-state index is 0.0128. The number of amides is 1. The summed E-state index contributed by atoms with van der Waals surface area (Å²) in [6.07, 6.45) is 1.41. The van der Waals surface area contributed by atoms with Crippen molar-refractivity contribution in [1.82, 2.24) is 5.32 Å². The smallest absolute Gasteiger partial charge is 0.269 e. The lowest BCUT2D eigenvalue weighted by atomic mass is 9.83. The van der Waals surface area contributed by atoms with Crippen LogP contribution in [0.1, 0.15) is 25.8 Å². The molecule has 0 aliphatic carbocycles. The molecule has 2 atom stereocenters. The first kappa shape index (κ1) is 22.4. The van der Waals surface area contributed by atoms with Gasteiger partial charge in [-0.15, -0.1) is 0 Å². The van der Waals surface area contributed by atoms with E-state index in [9.17, 15) is 14.9 Å². The number of para-hydroxylation sites is 1. The third-order valence-corrected chi connectivity index (χ3v) is 6.78. The number of nitrogens with one attached hydrogen (secondary N) is 1.